The highest BCUT2D eigenvalue weighted by molar-refractivity contribution is 9.10. The molecule has 5 heterocycles. The van der Waals surface area contributed by atoms with Crippen molar-refractivity contribution in [2.75, 3.05) is 18.4 Å². The average Bonchev–Trinajstić information content (AvgIpc) is 3.54. The number of nitrogens with one attached hydrogen (secondary N) is 1. The van der Waals surface area contributed by atoms with E-state index >= 15 is 0 Å². The third-order valence-electron chi connectivity index (χ3n) is 7.76. The quantitative estimate of drug-likeness (QED) is 0.565. The number of likely N-dealkylation sites (tertiary alicyclic amines) is 1. The zero-order valence-electron chi connectivity index (χ0n) is 19.2. The number of hydrogen-bond acceptors (Lipinski definition) is 5. The molecule has 178 valence electrons. The van der Waals surface area contributed by atoms with Gasteiger partial charge in [-0.2, -0.15) is 10.2 Å². The van der Waals surface area contributed by atoms with Gasteiger partial charge in [-0.3, -0.25) is 19.0 Å². The second-order valence-corrected chi connectivity index (χ2v) is 10.8. The number of carbonyl (C=O) groups excluding carboxylic acids is 2. The molecule has 1 saturated heterocycles. The molecule has 2 amide bonds. The van der Waals surface area contributed by atoms with Crippen LogP contribution in [0.1, 0.15) is 48.3 Å². The van der Waals surface area contributed by atoms with E-state index in [1.807, 2.05) is 28.8 Å². The fourth-order valence-corrected chi connectivity index (χ4v) is 6.37. The zero-order valence-corrected chi connectivity index (χ0v) is 20.8. The fraction of sp³-hybridized carbons (Fsp3) is 0.542. The van der Waals surface area contributed by atoms with Crippen molar-refractivity contribution in [2.24, 2.45) is 24.8 Å². The summed E-state index contributed by atoms with van der Waals surface area (Å²) in [5, 5.41) is 12.1. The van der Waals surface area contributed by atoms with E-state index in [1.165, 1.54) is 0 Å². The van der Waals surface area contributed by atoms with Crippen LogP contribution in [0.5, 0.6) is 0 Å². The summed E-state index contributed by atoms with van der Waals surface area (Å²) in [4.78, 5) is 33.0. The van der Waals surface area contributed by atoms with Gasteiger partial charge in [-0.25, -0.2) is 4.98 Å². The lowest BCUT2D eigenvalue weighted by molar-refractivity contribution is -0.122. The number of carbonyl (C=O) groups is 2. The molecule has 6 rings (SSSR count). The van der Waals surface area contributed by atoms with Gasteiger partial charge in [0, 0.05) is 49.0 Å². The van der Waals surface area contributed by atoms with Crippen molar-refractivity contribution >= 4 is 44.6 Å². The first kappa shape index (κ1) is 21.8. The summed E-state index contributed by atoms with van der Waals surface area (Å²) >= 11 is 3.44. The molecule has 2 fully saturated rings. The van der Waals surface area contributed by atoms with Crippen molar-refractivity contribution < 1.29 is 9.59 Å². The normalized spacial score (nSPS) is 24.2. The predicted octanol–water partition coefficient (Wildman–Crippen LogP) is 3.39. The summed E-state index contributed by atoms with van der Waals surface area (Å²) in [6, 6.07) is 3.90. The molecule has 9 nitrogen and oxygen atoms in total. The number of aryl methyl sites for hydroxylation is 3. The van der Waals surface area contributed by atoms with Crippen LogP contribution in [0, 0.1) is 17.8 Å². The third-order valence-corrected chi connectivity index (χ3v) is 8.19. The summed E-state index contributed by atoms with van der Waals surface area (Å²) < 4.78 is 4.58. The number of halogens is 1. The maximum absolute atomic E-state index is 13.4. The van der Waals surface area contributed by atoms with Crippen molar-refractivity contribution in [3.63, 3.8) is 0 Å². The van der Waals surface area contributed by atoms with Gasteiger partial charge in [-0.1, -0.05) is 6.42 Å². The second kappa shape index (κ2) is 8.48. The minimum Gasteiger partial charge on any atom is -0.337 e. The highest BCUT2D eigenvalue weighted by atomic mass is 79.9. The summed E-state index contributed by atoms with van der Waals surface area (Å²) in [7, 11) is 1.84. The molecule has 0 radical (unpaired) electrons. The summed E-state index contributed by atoms with van der Waals surface area (Å²) in [6.45, 7) is 2.21. The molecule has 0 unspecified atom stereocenters. The summed E-state index contributed by atoms with van der Waals surface area (Å²) in [5.74, 6) is 0.838. The smallest absolute Gasteiger partial charge is 0.274 e. The molecular formula is C24H28BrN7O2. The topological polar surface area (TPSA) is 97.9 Å². The number of anilines is 1. The Bertz CT molecular complexity index is 1260. The van der Waals surface area contributed by atoms with Crippen LogP contribution in [0.2, 0.25) is 0 Å². The van der Waals surface area contributed by atoms with Gasteiger partial charge in [0.2, 0.25) is 5.91 Å². The van der Waals surface area contributed by atoms with Gasteiger partial charge in [-0.15, -0.1) is 0 Å². The molecule has 2 aliphatic heterocycles. The Morgan fingerprint density at radius 3 is 2.85 bits per heavy atom. The Labute approximate surface area is 206 Å². The SMILES string of the molecule is Cn1nc(NC(=O)[C@H]2CCC[C@@H]3CN(C(=O)c4cc5n(n4)CCCC5)C[C@H]32)c2ncc(Br)cc21. The van der Waals surface area contributed by atoms with E-state index in [2.05, 4.69) is 36.4 Å². The highest BCUT2D eigenvalue weighted by Gasteiger charge is 2.45. The third kappa shape index (κ3) is 3.72. The van der Waals surface area contributed by atoms with Crippen molar-refractivity contribution in [1.82, 2.24) is 29.4 Å². The molecule has 1 N–H and O–H groups in total. The minimum absolute atomic E-state index is 0.000884. The first-order valence-electron chi connectivity index (χ1n) is 12.1. The summed E-state index contributed by atoms with van der Waals surface area (Å²) in [5.41, 5.74) is 3.24. The van der Waals surface area contributed by atoms with E-state index < -0.39 is 0 Å². The van der Waals surface area contributed by atoms with Gasteiger partial charge in [0.15, 0.2) is 11.5 Å². The zero-order chi connectivity index (χ0) is 23.4. The molecule has 3 atom stereocenters. The number of hydrogen-bond donors (Lipinski definition) is 1. The van der Waals surface area contributed by atoms with Gasteiger partial charge in [-0.05, 0) is 72.0 Å². The molecular weight excluding hydrogens is 498 g/mol. The van der Waals surface area contributed by atoms with Crippen LogP contribution in [-0.2, 0) is 24.8 Å². The maximum Gasteiger partial charge on any atom is 0.274 e. The monoisotopic (exact) mass is 525 g/mol. The van der Waals surface area contributed by atoms with E-state index in [9.17, 15) is 9.59 Å². The second-order valence-electron chi connectivity index (χ2n) is 9.86. The van der Waals surface area contributed by atoms with Crippen molar-refractivity contribution in [1.29, 1.82) is 0 Å². The lowest BCUT2D eigenvalue weighted by Crippen LogP contribution is -2.36. The minimum atomic E-state index is -0.140. The average molecular weight is 526 g/mol. The first-order chi connectivity index (χ1) is 16.5. The Kier molecular flexibility index (Phi) is 5.43. The van der Waals surface area contributed by atoms with E-state index in [4.69, 9.17) is 0 Å². The van der Waals surface area contributed by atoms with Crippen LogP contribution in [0.4, 0.5) is 5.82 Å². The standard InChI is InChI=1S/C24H28BrN7O2/c1-30-20-9-15(25)11-26-21(20)22(29-30)27-23(33)17-7-4-5-14-12-31(13-18(14)17)24(34)19-10-16-6-2-3-8-32(16)28-19/h9-11,14,17-18H,2-8,12-13H2,1H3,(H,27,29,33)/t14-,17+,18-/m1/s1. The molecule has 0 spiro atoms. The highest BCUT2D eigenvalue weighted by Crippen LogP contribution is 2.41. The Morgan fingerprint density at radius 2 is 2.00 bits per heavy atom. The molecule has 1 aliphatic carbocycles. The molecule has 3 aromatic rings. The van der Waals surface area contributed by atoms with Crippen LogP contribution in [0.15, 0.2) is 22.8 Å². The van der Waals surface area contributed by atoms with Crippen molar-refractivity contribution in [2.45, 2.75) is 45.1 Å². The number of amides is 2. The molecule has 10 heteroatoms. The molecule has 3 aliphatic rings. The van der Waals surface area contributed by atoms with E-state index in [0.29, 0.717) is 36.0 Å². The molecule has 1 saturated carbocycles. The van der Waals surface area contributed by atoms with E-state index in [0.717, 1.165) is 60.8 Å². The Morgan fingerprint density at radius 1 is 1.12 bits per heavy atom. The predicted molar refractivity (Wildman–Crippen MR) is 130 cm³/mol. The van der Waals surface area contributed by atoms with Crippen molar-refractivity contribution in [3.05, 3.63) is 34.2 Å². The van der Waals surface area contributed by atoms with Crippen molar-refractivity contribution in [3.8, 4) is 0 Å². The van der Waals surface area contributed by atoms with Crippen LogP contribution < -0.4 is 5.32 Å². The Balaban J connectivity index is 1.19. The van der Waals surface area contributed by atoms with Gasteiger partial charge in [0.05, 0.1) is 5.52 Å². The van der Waals surface area contributed by atoms with Crippen LogP contribution in [-0.4, -0.2) is 54.3 Å². The lowest BCUT2D eigenvalue weighted by Gasteiger charge is -2.31. The summed E-state index contributed by atoms with van der Waals surface area (Å²) in [6.07, 6.45) is 7.85. The molecule has 3 aromatic heterocycles. The van der Waals surface area contributed by atoms with Crippen LogP contribution in [0.3, 0.4) is 0 Å². The van der Waals surface area contributed by atoms with Gasteiger partial charge in [0.25, 0.3) is 5.91 Å². The molecule has 34 heavy (non-hydrogen) atoms. The largest absolute Gasteiger partial charge is 0.337 e. The molecule has 0 bridgehead atoms. The molecule has 0 aromatic carbocycles. The van der Waals surface area contributed by atoms with Crippen LogP contribution >= 0.6 is 15.9 Å². The number of nitrogens with zero attached hydrogens (tertiary/aromatic N) is 6. The Hall–Kier alpha value is -2.75. The maximum atomic E-state index is 13.4. The number of aromatic nitrogens is 5. The number of rotatable bonds is 3. The number of fused-ring (bicyclic) bond motifs is 3. The van der Waals surface area contributed by atoms with Gasteiger partial charge in [0.1, 0.15) is 5.52 Å². The fourth-order valence-electron chi connectivity index (χ4n) is 6.05. The first-order valence-corrected chi connectivity index (χ1v) is 12.9. The number of pyridine rings is 1. The van der Waals surface area contributed by atoms with Gasteiger partial charge >= 0.3 is 0 Å². The van der Waals surface area contributed by atoms with Gasteiger partial charge < -0.3 is 10.2 Å². The van der Waals surface area contributed by atoms with E-state index in [1.54, 1.807) is 10.9 Å². The van der Waals surface area contributed by atoms with E-state index in [-0.39, 0.29) is 23.7 Å². The lowest BCUT2D eigenvalue weighted by atomic mass is 9.73. The van der Waals surface area contributed by atoms with Crippen LogP contribution in [0.25, 0.3) is 11.0 Å².